The van der Waals surface area contributed by atoms with Crippen LogP contribution in [-0.4, -0.2) is 0 Å². The molecule has 1 radical (unpaired) electrons. The third-order valence-corrected chi connectivity index (χ3v) is 1.19. The molecule has 0 fully saturated rings. The highest BCUT2D eigenvalue weighted by Gasteiger charge is 1.82. The Kier molecular flexibility index (Phi) is 5.70. The van der Waals surface area contributed by atoms with Gasteiger partial charge in [-0.2, -0.15) is 0 Å². The van der Waals surface area contributed by atoms with Crippen molar-refractivity contribution in [1.29, 1.82) is 0 Å². The topological polar surface area (TPSA) is 0 Å². The smallest absolute Gasteiger partial charge is 0.0262 e. The molecular formula is C9H17. The minimum atomic E-state index is 0.474. The number of unbranched alkanes of at least 4 members (excludes halogenated alkanes) is 2. The van der Waals surface area contributed by atoms with Gasteiger partial charge < -0.3 is 0 Å². The molecule has 0 aromatic rings. The molecule has 9 heavy (non-hydrogen) atoms. The third kappa shape index (κ3) is 7.74. The van der Waals surface area contributed by atoms with Gasteiger partial charge in [0.1, 0.15) is 0 Å². The van der Waals surface area contributed by atoms with E-state index >= 15 is 0 Å². The second-order valence-electron chi connectivity index (χ2n) is 2.55. The van der Waals surface area contributed by atoms with Gasteiger partial charge in [-0.25, -0.2) is 0 Å². The van der Waals surface area contributed by atoms with E-state index in [0.29, 0.717) is 5.92 Å². The first kappa shape index (κ1) is 8.74. The standard InChI is InChI=1S/C9H17/c1-4-5-6-7-8-9(2)3/h7-9H,2,4-6H2,1,3H3. The van der Waals surface area contributed by atoms with Crippen LogP contribution in [0, 0.1) is 12.8 Å². The van der Waals surface area contributed by atoms with Gasteiger partial charge in [0, 0.05) is 0 Å². The van der Waals surface area contributed by atoms with Gasteiger partial charge in [-0.15, -0.1) is 0 Å². The Balaban J connectivity index is 3.04. The fourth-order valence-electron chi connectivity index (χ4n) is 0.651. The number of allylic oxidation sites excluding steroid dienone is 2. The number of hydrogen-bond acceptors (Lipinski definition) is 0. The van der Waals surface area contributed by atoms with Gasteiger partial charge in [-0.3, -0.25) is 0 Å². The van der Waals surface area contributed by atoms with E-state index in [1.54, 1.807) is 0 Å². The fraction of sp³-hybridized carbons (Fsp3) is 0.667. The van der Waals surface area contributed by atoms with E-state index in [2.05, 4.69) is 32.9 Å². The molecule has 0 heterocycles. The van der Waals surface area contributed by atoms with Gasteiger partial charge in [0.05, 0.1) is 0 Å². The molecule has 0 spiro atoms. The first-order valence-corrected chi connectivity index (χ1v) is 3.77. The molecule has 0 rings (SSSR count). The minimum absolute atomic E-state index is 0.474. The molecule has 1 atom stereocenters. The lowest BCUT2D eigenvalue weighted by Crippen LogP contribution is -1.77. The summed E-state index contributed by atoms with van der Waals surface area (Å²) in [5.74, 6) is 0.474. The summed E-state index contributed by atoms with van der Waals surface area (Å²) in [7, 11) is 0. The second kappa shape index (κ2) is 5.87. The van der Waals surface area contributed by atoms with Crippen molar-refractivity contribution in [3.05, 3.63) is 19.1 Å². The van der Waals surface area contributed by atoms with Gasteiger partial charge in [0.15, 0.2) is 0 Å². The predicted molar refractivity (Wildman–Crippen MR) is 43.2 cm³/mol. The lowest BCUT2D eigenvalue weighted by atomic mass is 10.1. The van der Waals surface area contributed by atoms with Crippen molar-refractivity contribution in [2.75, 3.05) is 0 Å². The van der Waals surface area contributed by atoms with Crippen LogP contribution in [0.3, 0.4) is 0 Å². The average Bonchev–Trinajstić information content (AvgIpc) is 1.80. The van der Waals surface area contributed by atoms with Crippen LogP contribution in [0.25, 0.3) is 0 Å². The summed E-state index contributed by atoms with van der Waals surface area (Å²) >= 11 is 0. The van der Waals surface area contributed by atoms with Crippen molar-refractivity contribution in [2.45, 2.75) is 33.1 Å². The van der Waals surface area contributed by atoms with Crippen LogP contribution >= 0.6 is 0 Å². The summed E-state index contributed by atoms with van der Waals surface area (Å²) in [6.07, 6.45) is 8.20. The van der Waals surface area contributed by atoms with E-state index in [0.717, 1.165) is 0 Å². The maximum atomic E-state index is 3.85. The molecule has 0 aliphatic heterocycles. The molecule has 0 aromatic heterocycles. The first-order chi connectivity index (χ1) is 4.27. The SMILES string of the molecule is [CH2]C(C)C=CCCCC. The van der Waals surface area contributed by atoms with Crippen molar-refractivity contribution in [3.63, 3.8) is 0 Å². The van der Waals surface area contributed by atoms with Crippen molar-refractivity contribution in [3.8, 4) is 0 Å². The Labute approximate surface area is 59.0 Å². The largest absolute Gasteiger partial charge is 0.0883 e. The molecule has 53 valence electrons. The molecule has 0 saturated heterocycles. The van der Waals surface area contributed by atoms with Crippen LogP contribution in [0.4, 0.5) is 0 Å². The van der Waals surface area contributed by atoms with E-state index in [1.165, 1.54) is 19.3 Å². The lowest BCUT2D eigenvalue weighted by molar-refractivity contribution is 0.806. The fourth-order valence-corrected chi connectivity index (χ4v) is 0.651. The van der Waals surface area contributed by atoms with Crippen LogP contribution in [0.1, 0.15) is 33.1 Å². The van der Waals surface area contributed by atoms with Crippen LogP contribution in [0.2, 0.25) is 0 Å². The summed E-state index contributed by atoms with van der Waals surface area (Å²) in [5, 5.41) is 0. The molecule has 0 bridgehead atoms. The normalized spacial score (nSPS) is 11.6. The van der Waals surface area contributed by atoms with Crippen molar-refractivity contribution in [1.82, 2.24) is 0 Å². The Morgan fingerprint density at radius 2 is 2.22 bits per heavy atom. The zero-order valence-corrected chi connectivity index (χ0v) is 6.56. The monoisotopic (exact) mass is 125 g/mol. The lowest BCUT2D eigenvalue weighted by Gasteiger charge is -1.92. The van der Waals surface area contributed by atoms with Gasteiger partial charge in [-0.1, -0.05) is 38.8 Å². The Hall–Kier alpha value is -0.260. The van der Waals surface area contributed by atoms with E-state index in [4.69, 9.17) is 0 Å². The van der Waals surface area contributed by atoms with E-state index < -0.39 is 0 Å². The summed E-state index contributed by atoms with van der Waals surface area (Å²) in [4.78, 5) is 0. The Bertz CT molecular complexity index is 70.1. The van der Waals surface area contributed by atoms with Crippen LogP contribution in [0.5, 0.6) is 0 Å². The van der Waals surface area contributed by atoms with Crippen molar-refractivity contribution < 1.29 is 0 Å². The van der Waals surface area contributed by atoms with Gasteiger partial charge in [0.2, 0.25) is 0 Å². The van der Waals surface area contributed by atoms with Crippen LogP contribution in [-0.2, 0) is 0 Å². The van der Waals surface area contributed by atoms with Gasteiger partial charge in [-0.05, 0) is 19.3 Å². The van der Waals surface area contributed by atoms with E-state index in [1.807, 2.05) is 0 Å². The average molecular weight is 125 g/mol. The maximum absolute atomic E-state index is 3.85. The highest BCUT2D eigenvalue weighted by molar-refractivity contribution is 4.86. The molecule has 0 N–H and O–H groups in total. The Morgan fingerprint density at radius 1 is 1.56 bits per heavy atom. The molecule has 0 aromatic carbocycles. The molecular weight excluding hydrogens is 108 g/mol. The Morgan fingerprint density at radius 3 is 2.67 bits per heavy atom. The molecule has 0 nitrogen and oxygen atoms in total. The van der Waals surface area contributed by atoms with E-state index in [-0.39, 0.29) is 0 Å². The molecule has 1 unspecified atom stereocenters. The van der Waals surface area contributed by atoms with Crippen LogP contribution < -0.4 is 0 Å². The first-order valence-electron chi connectivity index (χ1n) is 3.77. The van der Waals surface area contributed by atoms with Gasteiger partial charge >= 0.3 is 0 Å². The third-order valence-electron chi connectivity index (χ3n) is 1.19. The highest BCUT2D eigenvalue weighted by atomic mass is 13.9. The van der Waals surface area contributed by atoms with Gasteiger partial charge in [0.25, 0.3) is 0 Å². The van der Waals surface area contributed by atoms with Crippen molar-refractivity contribution in [2.24, 2.45) is 5.92 Å². The van der Waals surface area contributed by atoms with Crippen molar-refractivity contribution >= 4 is 0 Å². The molecule has 0 aliphatic carbocycles. The highest BCUT2D eigenvalue weighted by Crippen LogP contribution is 1.98. The number of hydrogen-bond donors (Lipinski definition) is 0. The second-order valence-corrected chi connectivity index (χ2v) is 2.55. The summed E-state index contributed by atoms with van der Waals surface area (Å²) in [5.41, 5.74) is 0. The summed E-state index contributed by atoms with van der Waals surface area (Å²) in [6, 6.07) is 0. The maximum Gasteiger partial charge on any atom is -0.0262 e. The van der Waals surface area contributed by atoms with Crippen LogP contribution in [0.15, 0.2) is 12.2 Å². The zero-order valence-electron chi connectivity index (χ0n) is 6.56. The molecule has 0 saturated carbocycles. The minimum Gasteiger partial charge on any atom is -0.0883 e. The summed E-state index contributed by atoms with van der Waals surface area (Å²) in [6.45, 7) is 8.16. The predicted octanol–water partition coefficient (Wildman–Crippen LogP) is 3.20. The molecule has 0 aliphatic rings. The summed E-state index contributed by atoms with van der Waals surface area (Å²) < 4.78 is 0. The zero-order chi connectivity index (χ0) is 7.11. The molecule has 0 amide bonds. The quantitative estimate of drug-likeness (QED) is 0.400. The number of rotatable bonds is 4. The van der Waals surface area contributed by atoms with E-state index in [9.17, 15) is 0 Å². The molecule has 0 heteroatoms.